The maximum atomic E-state index is 14.5. The maximum Gasteiger partial charge on any atom is 0.303 e. The summed E-state index contributed by atoms with van der Waals surface area (Å²) < 4.78 is 76.4. The van der Waals surface area contributed by atoms with Crippen LogP contribution in [0.2, 0.25) is 0 Å². The number of unbranched alkanes of at least 4 members (excludes halogenated alkanes) is 2. The minimum atomic E-state index is -4.64. The van der Waals surface area contributed by atoms with E-state index in [-0.39, 0.29) is 84.6 Å². The lowest BCUT2D eigenvalue weighted by molar-refractivity contribution is -0.433. The van der Waals surface area contributed by atoms with E-state index in [0.29, 0.717) is 60.4 Å². The number of nitrogens with one attached hydrogen (secondary N) is 11. The van der Waals surface area contributed by atoms with E-state index in [2.05, 4.69) is 58.5 Å². The van der Waals surface area contributed by atoms with Gasteiger partial charge in [-0.25, -0.2) is 0 Å². The Bertz CT molecular complexity index is 5480. The van der Waals surface area contributed by atoms with Crippen LogP contribution in [0.25, 0.3) is 0 Å². The second kappa shape index (κ2) is 54.4. The number of carboxylic acid groups (broad SMARTS) is 5. The first-order chi connectivity index (χ1) is 65.8. The first-order valence-electron chi connectivity index (χ1n) is 45.4. The number of likely N-dealkylation sites (N-methyl/N-ethyl adjacent to an activating group) is 1. The number of fused-ring (bicyclic) bond motifs is 2. The SMILES string of the molecule is CC[N+]1=C(/C=C/C=C/C=C/C=C2/N(CCCCCC(=O)N[C@H](CCC(=O)O)C(=O)N[C@H](CCC(=O)O)C(=O)N[C@H](CCC(=O)O)C(=O)N[C@H](CCC(=O)O)C(=O)N[C@H](CCC(=O)O)C(=O)N[C@@H](Cc3ccc(C(C)=O)cc3)C(=O)NCCOCC(=O)N3CCC[C@H]3C(=O)N[C@@H](CC(C)C)C(=O)NCC(=O)N[C@@H](CSC)C(=O)NC)c3ccc(S(=O)(=O)O)cc3C2(C)C)C(C)(C)c2cc(S(=O)(=O)O)ccc21. The second-order valence-electron chi connectivity index (χ2n) is 35.1. The van der Waals surface area contributed by atoms with Crippen LogP contribution in [0.1, 0.15) is 192 Å². The molecule has 0 unspecified atom stereocenters. The lowest BCUT2D eigenvalue weighted by Crippen LogP contribution is -2.60. The van der Waals surface area contributed by atoms with E-state index in [0.717, 1.165) is 11.4 Å². The molecule has 3 aromatic rings. The molecule has 44 nitrogen and oxygen atoms in total. The highest BCUT2D eigenvalue weighted by Gasteiger charge is 2.46. The van der Waals surface area contributed by atoms with Crippen LogP contribution in [-0.2, 0) is 124 Å². The number of aliphatic carboxylic acids is 5. The van der Waals surface area contributed by atoms with Gasteiger partial charge >= 0.3 is 29.8 Å². The normalized spacial score (nSPS) is 16.3. The molecule has 1 saturated heterocycles. The van der Waals surface area contributed by atoms with Gasteiger partial charge in [-0.1, -0.05) is 88.8 Å². The topological polar surface area (TPSA) is 668 Å². The fourth-order valence-electron chi connectivity index (χ4n) is 16.0. The fraction of sp³-hybridized carbons (Fsp3) is 0.516. The van der Waals surface area contributed by atoms with Crippen LogP contribution < -0.4 is 63.4 Å². The van der Waals surface area contributed by atoms with Crippen molar-refractivity contribution in [1.82, 2.24) is 63.4 Å². The third-order valence-electron chi connectivity index (χ3n) is 23.4. The molecule has 0 spiro atoms. The fourth-order valence-corrected chi connectivity index (χ4v) is 17.6. The molecule has 3 aliphatic rings. The van der Waals surface area contributed by atoms with E-state index in [4.69, 9.17) is 4.74 Å². The first kappa shape index (κ1) is 116. The first-order valence-corrected chi connectivity index (χ1v) is 49.7. The van der Waals surface area contributed by atoms with Gasteiger partial charge in [0.05, 0.1) is 28.4 Å². The molecule has 0 aromatic heterocycles. The maximum absolute atomic E-state index is 14.5. The number of hydrogen-bond acceptors (Lipinski definition) is 25. The molecule has 766 valence electrons. The molecular weight excluding hydrogens is 1890 g/mol. The van der Waals surface area contributed by atoms with Gasteiger partial charge in [0.15, 0.2) is 11.5 Å². The van der Waals surface area contributed by atoms with E-state index in [1.807, 2.05) is 62.3 Å². The number of carbonyl (C=O) groups is 18. The van der Waals surface area contributed by atoms with Gasteiger partial charge < -0.3 is 98.6 Å². The highest BCUT2D eigenvalue weighted by Crippen LogP contribution is 2.49. The average molecular weight is 2020 g/mol. The minimum absolute atomic E-state index is 0.121. The van der Waals surface area contributed by atoms with Crippen LogP contribution in [0.5, 0.6) is 0 Å². The van der Waals surface area contributed by atoms with Gasteiger partial charge in [-0.3, -0.25) is 95.4 Å². The molecule has 3 aliphatic heterocycles. The number of ether oxygens (including phenoxy) is 1. The molecule has 0 radical (unpaired) electrons. The summed E-state index contributed by atoms with van der Waals surface area (Å²) in [5.41, 5.74) is 3.37. The van der Waals surface area contributed by atoms with Crippen LogP contribution >= 0.6 is 11.8 Å². The molecule has 3 aromatic carbocycles. The number of rotatable bonds is 59. The predicted molar refractivity (Wildman–Crippen MR) is 509 cm³/mol. The molecule has 18 N–H and O–H groups in total. The number of benzene rings is 3. The molecule has 6 rings (SSSR count). The van der Waals surface area contributed by atoms with Crippen molar-refractivity contribution in [2.45, 2.75) is 246 Å². The van der Waals surface area contributed by atoms with Crippen LogP contribution in [0.15, 0.2) is 119 Å². The highest BCUT2D eigenvalue weighted by atomic mass is 32.2. The molecular formula is C93H127N14O30S3+. The smallest absolute Gasteiger partial charge is 0.303 e. The van der Waals surface area contributed by atoms with Gasteiger partial charge in [0.25, 0.3) is 20.2 Å². The van der Waals surface area contributed by atoms with Crippen molar-refractivity contribution in [3.05, 3.63) is 131 Å². The Labute approximate surface area is 814 Å². The van der Waals surface area contributed by atoms with Gasteiger partial charge in [-0.15, -0.1) is 0 Å². The molecule has 0 saturated carbocycles. The zero-order chi connectivity index (χ0) is 104. The van der Waals surface area contributed by atoms with Crippen molar-refractivity contribution in [3.8, 4) is 0 Å². The number of Topliss-reactive ketones (excluding diaryl/α,β-unsaturated/α-hetero) is 1. The number of allylic oxidation sites excluding steroid dienone is 8. The third kappa shape index (κ3) is 35.6. The number of likely N-dealkylation sites (tertiary alicyclic amines) is 1. The second-order valence-corrected chi connectivity index (χ2v) is 38.8. The quantitative estimate of drug-likeness (QED) is 0.0127. The molecule has 0 bridgehead atoms. The summed E-state index contributed by atoms with van der Waals surface area (Å²) >= 11 is 1.31. The molecule has 47 heteroatoms. The zero-order valence-corrected chi connectivity index (χ0v) is 82.0. The Hall–Kier alpha value is -13.1. The van der Waals surface area contributed by atoms with E-state index < -0.39 is 264 Å². The summed E-state index contributed by atoms with van der Waals surface area (Å²) in [6, 6.07) is 0.00257. The molecule has 0 aliphatic carbocycles. The number of carboxylic acids is 5. The molecule has 9 atom stereocenters. The monoisotopic (exact) mass is 2020 g/mol. The third-order valence-corrected chi connectivity index (χ3v) is 25.7. The standard InChI is InChI=1S/C93H126N14O30S3/c1-11-105-70-36-29-58(139(131,132)133)49-60(70)92(5,6)73(105)22-16-13-12-14-17-23-74-93(7,8)61-50-59(140(134,135)136)30-37-71(61)106(74)44-19-15-18-24-75(109)97-62(31-38-78(112)113)86(125)99-63(32-39-79(114)115)87(126)100-64(33-40-80(116)117)88(127)101-65(34-41-81(118)119)89(128)102-66(35-42-82(120)121)90(129)103-68(48-56-25-27-57(28-26-56)55(4)108)84(123)95-43-46-137-52-77(111)107-45-20-21-72(107)91(130)104-67(47-54(2)3)85(124)96-51-76(110)98-69(53-138-10)83(122)94-9/h12-14,16-17,22-23,25-30,36-37,49-50,54,62-69,72H,11,15,18-21,24,31-35,38-48,51-53H2,1-10H3,(H17-,94,95,96,97,98,99,100,101,102,103,104,109,110,112,113,114,115,116,117,118,119,120,121,122,123,124,125,126,127,128,129,130,131,132,133,134,135,136)/p+1/t62-,63-,64-,65-,66-,67+,68+,69+,72+/m1/s1. The van der Waals surface area contributed by atoms with E-state index in [1.54, 1.807) is 56.5 Å². The summed E-state index contributed by atoms with van der Waals surface area (Å²) in [5.74, 6) is -19.3. The van der Waals surface area contributed by atoms with Crippen molar-refractivity contribution >= 4 is 156 Å². The van der Waals surface area contributed by atoms with Crippen molar-refractivity contribution in [2.24, 2.45) is 5.92 Å². The molecule has 1 fully saturated rings. The molecule has 3 heterocycles. The lowest BCUT2D eigenvalue weighted by Gasteiger charge is -2.27. The largest absolute Gasteiger partial charge is 0.481 e. The van der Waals surface area contributed by atoms with E-state index in [1.165, 1.54) is 79.2 Å². The molecule has 140 heavy (non-hydrogen) atoms. The number of nitrogens with zero attached hydrogens (tertiary/aromatic N) is 3. The Morgan fingerprint density at radius 3 is 1.50 bits per heavy atom. The summed E-state index contributed by atoms with van der Waals surface area (Å²) in [7, 11) is -7.70. The number of ketones is 1. The van der Waals surface area contributed by atoms with Gasteiger partial charge in [-0.05, 0) is 152 Å². The van der Waals surface area contributed by atoms with Gasteiger partial charge in [0, 0.05) is 117 Å². The number of anilines is 1. The number of carbonyl (C=O) groups excluding carboxylic acids is 13. The van der Waals surface area contributed by atoms with E-state index in [9.17, 15) is 138 Å². The Balaban J connectivity index is 1.12. The summed E-state index contributed by atoms with van der Waals surface area (Å²) in [5, 5.41) is 75.7. The van der Waals surface area contributed by atoms with Crippen LogP contribution in [0.4, 0.5) is 11.4 Å². The van der Waals surface area contributed by atoms with Crippen molar-refractivity contribution < 1.29 is 147 Å². The number of hydrogen-bond donors (Lipinski definition) is 18. The summed E-state index contributed by atoms with van der Waals surface area (Å²) in [6.07, 6.45) is 7.28. The Morgan fingerprint density at radius 2 is 1.01 bits per heavy atom. The lowest BCUT2D eigenvalue weighted by atomic mass is 9.81. The Morgan fingerprint density at radius 1 is 0.536 bits per heavy atom. The minimum Gasteiger partial charge on any atom is -0.481 e. The van der Waals surface area contributed by atoms with Gasteiger partial charge in [0.1, 0.15) is 67.5 Å². The van der Waals surface area contributed by atoms with Crippen LogP contribution in [-0.4, -0.2) is 293 Å². The van der Waals surface area contributed by atoms with Crippen molar-refractivity contribution in [3.63, 3.8) is 0 Å². The van der Waals surface area contributed by atoms with Gasteiger partial charge in [-0.2, -0.15) is 33.2 Å². The van der Waals surface area contributed by atoms with Crippen molar-refractivity contribution in [1.29, 1.82) is 0 Å². The zero-order valence-electron chi connectivity index (χ0n) is 79.6. The summed E-state index contributed by atoms with van der Waals surface area (Å²) in [6.45, 7) is 13.6. The van der Waals surface area contributed by atoms with E-state index >= 15 is 0 Å². The van der Waals surface area contributed by atoms with Crippen molar-refractivity contribution in [2.75, 3.05) is 69.9 Å². The number of thioether (sulfide) groups is 1. The summed E-state index contributed by atoms with van der Waals surface area (Å²) in [4.78, 5) is 241. The average Bonchev–Trinajstić information content (AvgIpc) is 1.59. The highest BCUT2D eigenvalue weighted by molar-refractivity contribution is 7.98. The number of amides is 12. The van der Waals surface area contributed by atoms with Crippen LogP contribution in [0.3, 0.4) is 0 Å². The molecule has 12 amide bonds. The van der Waals surface area contributed by atoms with Gasteiger partial charge in [0.2, 0.25) is 76.6 Å². The predicted octanol–water partition coefficient (Wildman–Crippen LogP) is 2.53. The van der Waals surface area contributed by atoms with Crippen LogP contribution in [0, 0.1) is 5.92 Å². The Kier molecular flexibility index (Phi) is 45.0.